The van der Waals surface area contributed by atoms with Gasteiger partial charge in [-0.25, -0.2) is 0 Å². The topological polar surface area (TPSA) is 46.3 Å². The van der Waals surface area contributed by atoms with Crippen LogP contribution in [0, 0.1) is 16.7 Å². The summed E-state index contributed by atoms with van der Waals surface area (Å²) in [5.41, 5.74) is 7.46. The SMILES string of the molecule is CN(C(=O)C1C(C)(C)C1(C)C)c1ccc(Br)cc1N. The maximum Gasteiger partial charge on any atom is 0.231 e. The average molecular weight is 325 g/mol. The Hall–Kier alpha value is -1.03. The summed E-state index contributed by atoms with van der Waals surface area (Å²) in [4.78, 5) is 14.3. The van der Waals surface area contributed by atoms with Gasteiger partial charge < -0.3 is 10.6 Å². The van der Waals surface area contributed by atoms with E-state index >= 15 is 0 Å². The second-order valence-corrected chi connectivity index (χ2v) is 7.39. The highest BCUT2D eigenvalue weighted by Gasteiger charge is 2.68. The normalized spacial score (nSPS) is 20.1. The monoisotopic (exact) mass is 324 g/mol. The van der Waals surface area contributed by atoms with Crippen LogP contribution in [0.4, 0.5) is 11.4 Å². The summed E-state index contributed by atoms with van der Waals surface area (Å²) >= 11 is 3.38. The smallest absolute Gasteiger partial charge is 0.231 e. The molecular weight excluding hydrogens is 304 g/mol. The zero-order valence-corrected chi connectivity index (χ0v) is 13.7. The number of carbonyl (C=O) groups excluding carboxylic acids is 1. The second kappa shape index (κ2) is 4.23. The van der Waals surface area contributed by atoms with Crippen LogP contribution < -0.4 is 10.6 Å². The number of nitrogen functional groups attached to an aromatic ring is 1. The van der Waals surface area contributed by atoms with E-state index in [9.17, 15) is 4.79 Å². The van der Waals surface area contributed by atoms with E-state index in [0.29, 0.717) is 5.69 Å². The Morgan fingerprint density at radius 2 is 1.79 bits per heavy atom. The van der Waals surface area contributed by atoms with Gasteiger partial charge in [0.25, 0.3) is 0 Å². The number of benzene rings is 1. The molecule has 0 radical (unpaired) electrons. The van der Waals surface area contributed by atoms with E-state index in [1.54, 1.807) is 11.9 Å². The molecule has 0 bridgehead atoms. The molecule has 1 saturated carbocycles. The minimum absolute atomic E-state index is 0.0441. The molecule has 0 atom stereocenters. The first-order valence-electron chi connectivity index (χ1n) is 6.43. The third-order valence-electron chi connectivity index (χ3n) is 4.95. The molecule has 0 saturated heterocycles. The molecule has 1 amide bonds. The quantitative estimate of drug-likeness (QED) is 0.843. The van der Waals surface area contributed by atoms with E-state index < -0.39 is 0 Å². The molecule has 1 fully saturated rings. The van der Waals surface area contributed by atoms with Crippen molar-refractivity contribution in [2.75, 3.05) is 17.7 Å². The molecule has 0 aliphatic heterocycles. The molecule has 1 aliphatic carbocycles. The molecule has 104 valence electrons. The van der Waals surface area contributed by atoms with Crippen LogP contribution >= 0.6 is 15.9 Å². The Bertz CT molecular complexity index is 523. The van der Waals surface area contributed by atoms with Gasteiger partial charge in [0.05, 0.1) is 11.4 Å². The molecule has 0 aromatic heterocycles. The molecule has 2 N–H and O–H groups in total. The van der Waals surface area contributed by atoms with Gasteiger partial charge in [0.15, 0.2) is 0 Å². The molecule has 0 heterocycles. The van der Waals surface area contributed by atoms with Gasteiger partial charge in [-0.05, 0) is 29.0 Å². The highest BCUT2D eigenvalue weighted by molar-refractivity contribution is 9.10. The fourth-order valence-corrected chi connectivity index (χ4v) is 3.34. The zero-order valence-electron chi connectivity index (χ0n) is 12.1. The molecule has 2 rings (SSSR count). The van der Waals surface area contributed by atoms with Gasteiger partial charge in [-0.15, -0.1) is 0 Å². The van der Waals surface area contributed by atoms with E-state index in [1.165, 1.54) is 0 Å². The second-order valence-electron chi connectivity index (χ2n) is 6.48. The fourth-order valence-electron chi connectivity index (χ4n) is 2.96. The van der Waals surface area contributed by atoms with E-state index in [4.69, 9.17) is 5.73 Å². The molecule has 0 spiro atoms. The molecular formula is C15H21BrN2O. The molecule has 1 aromatic carbocycles. The minimum atomic E-state index is 0.0441. The van der Waals surface area contributed by atoms with E-state index in [1.807, 2.05) is 18.2 Å². The predicted octanol–water partition coefficient (Wildman–Crippen LogP) is 3.68. The maximum atomic E-state index is 12.6. The Morgan fingerprint density at radius 3 is 2.21 bits per heavy atom. The highest BCUT2D eigenvalue weighted by Crippen LogP contribution is 2.68. The van der Waals surface area contributed by atoms with E-state index in [0.717, 1.165) is 10.2 Å². The third-order valence-corrected chi connectivity index (χ3v) is 5.44. The van der Waals surface area contributed by atoms with Gasteiger partial charge in [-0.1, -0.05) is 43.6 Å². The van der Waals surface area contributed by atoms with Crippen molar-refractivity contribution in [2.45, 2.75) is 27.7 Å². The van der Waals surface area contributed by atoms with Crippen LogP contribution in [0.25, 0.3) is 0 Å². The van der Waals surface area contributed by atoms with Crippen molar-refractivity contribution in [3.8, 4) is 0 Å². The number of hydrogen-bond donors (Lipinski definition) is 1. The fraction of sp³-hybridized carbons (Fsp3) is 0.533. The maximum absolute atomic E-state index is 12.6. The molecule has 1 aromatic rings. The number of hydrogen-bond acceptors (Lipinski definition) is 2. The molecule has 19 heavy (non-hydrogen) atoms. The van der Waals surface area contributed by atoms with E-state index in [-0.39, 0.29) is 22.7 Å². The highest BCUT2D eigenvalue weighted by atomic mass is 79.9. The van der Waals surface area contributed by atoms with Crippen LogP contribution in [0.15, 0.2) is 22.7 Å². The molecule has 4 heteroatoms. The van der Waals surface area contributed by atoms with Crippen LogP contribution in [0.3, 0.4) is 0 Å². The number of rotatable bonds is 2. The van der Waals surface area contributed by atoms with Crippen molar-refractivity contribution in [3.05, 3.63) is 22.7 Å². The van der Waals surface area contributed by atoms with Gasteiger partial charge in [0.2, 0.25) is 5.91 Å². The van der Waals surface area contributed by atoms with Crippen LogP contribution in [0.2, 0.25) is 0 Å². The molecule has 0 unspecified atom stereocenters. The molecule has 1 aliphatic rings. The summed E-state index contributed by atoms with van der Waals surface area (Å²) in [7, 11) is 1.80. The van der Waals surface area contributed by atoms with Crippen molar-refractivity contribution < 1.29 is 4.79 Å². The van der Waals surface area contributed by atoms with Gasteiger partial charge in [-0.3, -0.25) is 4.79 Å². The summed E-state index contributed by atoms with van der Waals surface area (Å²) < 4.78 is 0.918. The lowest BCUT2D eigenvalue weighted by atomic mass is 10.0. The number of anilines is 2. The number of nitrogens with zero attached hydrogens (tertiary/aromatic N) is 1. The van der Waals surface area contributed by atoms with Gasteiger partial charge in [0, 0.05) is 17.4 Å². The lowest BCUT2D eigenvalue weighted by molar-refractivity contribution is -0.120. The van der Waals surface area contributed by atoms with Gasteiger partial charge in [-0.2, -0.15) is 0 Å². The Kier molecular flexibility index (Phi) is 3.21. The molecule has 3 nitrogen and oxygen atoms in total. The standard InChI is InChI=1S/C15H21BrN2O/c1-14(2)12(15(14,3)4)13(19)18(5)11-7-6-9(16)8-10(11)17/h6-8,12H,17H2,1-5H3. The summed E-state index contributed by atoms with van der Waals surface area (Å²) in [5, 5.41) is 0. The van der Waals surface area contributed by atoms with Gasteiger partial charge in [0.1, 0.15) is 0 Å². The third kappa shape index (κ3) is 2.06. The summed E-state index contributed by atoms with van der Waals surface area (Å²) in [6.07, 6.45) is 0. The van der Waals surface area contributed by atoms with Crippen molar-refractivity contribution in [1.82, 2.24) is 0 Å². The largest absolute Gasteiger partial charge is 0.397 e. The van der Waals surface area contributed by atoms with Crippen molar-refractivity contribution in [2.24, 2.45) is 16.7 Å². The number of halogens is 1. The van der Waals surface area contributed by atoms with Crippen LogP contribution in [-0.4, -0.2) is 13.0 Å². The van der Waals surface area contributed by atoms with Crippen molar-refractivity contribution in [3.63, 3.8) is 0 Å². The summed E-state index contributed by atoms with van der Waals surface area (Å²) in [5.74, 6) is 0.192. The first kappa shape index (κ1) is 14.4. The first-order valence-corrected chi connectivity index (χ1v) is 7.22. The van der Waals surface area contributed by atoms with Crippen molar-refractivity contribution in [1.29, 1.82) is 0 Å². The van der Waals surface area contributed by atoms with Crippen LogP contribution in [0.5, 0.6) is 0 Å². The first-order chi connectivity index (χ1) is 8.60. The Labute approximate surface area is 123 Å². The Morgan fingerprint density at radius 1 is 1.26 bits per heavy atom. The lowest BCUT2D eigenvalue weighted by Gasteiger charge is -2.20. The van der Waals surface area contributed by atoms with Gasteiger partial charge >= 0.3 is 0 Å². The Balaban J connectivity index is 2.26. The average Bonchev–Trinajstić information content (AvgIpc) is 2.67. The minimum Gasteiger partial charge on any atom is -0.397 e. The number of nitrogens with two attached hydrogens (primary N) is 1. The van der Waals surface area contributed by atoms with Crippen LogP contribution in [0.1, 0.15) is 27.7 Å². The lowest BCUT2D eigenvalue weighted by Crippen LogP contribution is -2.30. The van der Waals surface area contributed by atoms with E-state index in [2.05, 4.69) is 43.6 Å². The predicted molar refractivity (Wildman–Crippen MR) is 83.0 cm³/mol. The number of amides is 1. The van der Waals surface area contributed by atoms with Crippen LogP contribution in [-0.2, 0) is 4.79 Å². The van der Waals surface area contributed by atoms with Crippen molar-refractivity contribution >= 4 is 33.2 Å². The number of carbonyl (C=O) groups is 1. The zero-order chi connectivity index (χ0) is 14.6. The summed E-state index contributed by atoms with van der Waals surface area (Å²) in [6, 6.07) is 5.60. The summed E-state index contributed by atoms with van der Waals surface area (Å²) in [6.45, 7) is 8.59.